The number of thiophene rings is 1. The molecule has 0 saturated carbocycles. The van der Waals surface area contributed by atoms with Gasteiger partial charge in [0.25, 0.3) is 0 Å². The summed E-state index contributed by atoms with van der Waals surface area (Å²) >= 11 is 5.46. The summed E-state index contributed by atoms with van der Waals surface area (Å²) in [5.74, 6) is 0. The first-order valence-electron chi connectivity index (χ1n) is 5.30. The smallest absolute Gasteiger partial charge is 0.0352 e. The van der Waals surface area contributed by atoms with Gasteiger partial charge >= 0.3 is 0 Å². The lowest BCUT2D eigenvalue weighted by molar-refractivity contribution is 1.30. The molecule has 1 aliphatic rings. The van der Waals surface area contributed by atoms with Crippen LogP contribution >= 0.6 is 27.3 Å². The molecule has 0 amide bonds. The Hall–Kier alpha value is -0.860. The van der Waals surface area contributed by atoms with Crippen LogP contribution in [0.3, 0.4) is 0 Å². The lowest BCUT2D eigenvalue weighted by atomic mass is 10.0. The second kappa shape index (κ2) is 3.86. The molecule has 0 unspecified atom stereocenters. The van der Waals surface area contributed by atoms with E-state index in [1.165, 1.54) is 30.9 Å². The standard InChI is InChI=1S/C14H11BrS/c1-9-5-6-14(16-9)13-8-11(15)7-10-3-2-4-12(10)13/h2,4-8H,3H2,1H3. The number of halogens is 1. The lowest BCUT2D eigenvalue weighted by Crippen LogP contribution is -1.86. The highest BCUT2D eigenvalue weighted by molar-refractivity contribution is 9.10. The van der Waals surface area contributed by atoms with E-state index in [0.29, 0.717) is 0 Å². The average molecular weight is 291 g/mol. The van der Waals surface area contributed by atoms with Crippen molar-refractivity contribution in [1.82, 2.24) is 0 Å². The molecule has 0 aliphatic heterocycles. The molecular weight excluding hydrogens is 280 g/mol. The predicted molar refractivity (Wildman–Crippen MR) is 74.9 cm³/mol. The fourth-order valence-corrected chi connectivity index (χ4v) is 3.53. The molecule has 0 radical (unpaired) electrons. The first-order valence-corrected chi connectivity index (χ1v) is 6.91. The van der Waals surface area contributed by atoms with Gasteiger partial charge < -0.3 is 0 Å². The molecule has 1 heterocycles. The maximum Gasteiger partial charge on any atom is 0.0352 e. The number of hydrogen-bond acceptors (Lipinski definition) is 1. The largest absolute Gasteiger partial charge is 0.141 e. The van der Waals surface area contributed by atoms with Crippen molar-refractivity contribution in [3.63, 3.8) is 0 Å². The minimum absolute atomic E-state index is 1.06. The van der Waals surface area contributed by atoms with Gasteiger partial charge in [-0.25, -0.2) is 0 Å². The highest BCUT2D eigenvalue weighted by atomic mass is 79.9. The molecule has 1 aromatic heterocycles. The Morgan fingerprint density at radius 2 is 2.12 bits per heavy atom. The number of fused-ring (bicyclic) bond motifs is 1. The van der Waals surface area contributed by atoms with Gasteiger partial charge in [-0.15, -0.1) is 11.3 Å². The molecule has 1 aromatic carbocycles. The van der Waals surface area contributed by atoms with Gasteiger partial charge in [-0.3, -0.25) is 0 Å². The third-order valence-electron chi connectivity index (χ3n) is 2.86. The minimum Gasteiger partial charge on any atom is -0.141 e. The van der Waals surface area contributed by atoms with Crippen LogP contribution < -0.4 is 0 Å². The fraction of sp³-hybridized carbons (Fsp3) is 0.143. The summed E-state index contributed by atoms with van der Waals surface area (Å²) in [5, 5.41) is 0. The molecular formula is C14H11BrS. The van der Waals surface area contributed by atoms with E-state index in [0.717, 1.165) is 6.42 Å². The quantitative estimate of drug-likeness (QED) is 0.689. The summed E-state index contributed by atoms with van der Waals surface area (Å²) in [7, 11) is 0. The van der Waals surface area contributed by atoms with Crippen LogP contribution in [-0.4, -0.2) is 0 Å². The molecule has 80 valence electrons. The van der Waals surface area contributed by atoms with Gasteiger partial charge in [-0.1, -0.05) is 28.1 Å². The second-order valence-electron chi connectivity index (χ2n) is 4.04. The van der Waals surface area contributed by atoms with Gasteiger partial charge in [0.2, 0.25) is 0 Å². The zero-order valence-corrected chi connectivity index (χ0v) is 11.4. The summed E-state index contributed by atoms with van der Waals surface area (Å²) in [6, 6.07) is 8.85. The Bertz CT molecular complexity index is 578. The van der Waals surface area contributed by atoms with Gasteiger partial charge in [0.05, 0.1) is 0 Å². The molecule has 2 heteroatoms. The van der Waals surface area contributed by atoms with Crippen molar-refractivity contribution in [2.45, 2.75) is 13.3 Å². The third-order valence-corrected chi connectivity index (χ3v) is 4.35. The van der Waals surface area contributed by atoms with Crippen LogP contribution in [0.5, 0.6) is 0 Å². The van der Waals surface area contributed by atoms with E-state index >= 15 is 0 Å². The van der Waals surface area contributed by atoms with E-state index in [-0.39, 0.29) is 0 Å². The van der Waals surface area contributed by atoms with E-state index in [9.17, 15) is 0 Å². The number of rotatable bonds is 1. The molecule has 0 bridgehead atoms. The van der Waals surface area contributed by atoms with Gasteiger partial charge in [0.1, 0.15) is 0 Å². The van der Waals surface area contributed by atoms with Crippen LogP contribution in [-0.2, 0) is 6.42 Å². The van der Waals surface area contributed by atoms with Crippen molar-refractivity contribution in [1.29, 1.82) is 0 Å². The van der Waals surface area contributed by atoms with E-state index in [1.807, 2.05) is 11.3 Å². The van der Waals surface area contributed by atoms with Crippen LogP contribution in [0.4, 0.5) is 0 Å². The van der Waals surface area contributed by atoms with Gasteiger partial charge in [-0.05, 0) is 48.7 Å². The number of hydrogen-bond donors (Lipinski definition) is 0. The summed E-state index contributed by atoms with van der Waals surface area (Å²) < 4.78 is 1.18. The lowest BCUT2D eigenvalue weighted by Gasteiger charge is -2.07. The van der Waals surface area contributed by atoms with Gasteiger partial charge in [0.15, 0.2) is 0 Å². The van der Waals surface area contributed by atoms with Crippen molar-refractivity contribution in [2.24, 2.45) is 0 Å². The van der Waals surface area contributed by atoms with E-state index in [1.54, 1.807) is 0 Å². The summed E-state index contributed by atoms with van der Waals surface area (Å²) in [4.78, 5) is 2.73. The monoisotopic (exact) mass is 290 g/mol. The van der Waals surface area contributed by atoms with Gasteiger partial charge in [0, 0.05) is 19.8 Å². The maximum absolute atomic E-state index is 3.60. The molecule has 0 fully saturated rings. The van der Waals surface area contributed by atoms with Crippen molar-refractivity contribution in [3.8, 4) is 10.4 Å². The predicted octanol–water partition coefficient (Wildman–Crippen LogP) is 5.06. The van der Waals surface area contributed by atoms with Crippen LogP contribution in [0.2, 0.25) is 0 Å². The molecule has 0 saturated heterocycles. The SMILES string of the molecule is Cc1ccc(-c2cc(Br)cc3c2C=CC3)s1. The fourth-order valence-electron chi connectivity index (χ4n) is 2.13. The minimum atomic E-state index is 1.06. The van der Waals surface area contributed by atoms with Crippen LogP contribution in [0.25, 0.3) is 16.5 Å². The molecule has 0 N–H and O–H groups in total. The zero-order chi connectivity index (χ0) is 11.1. The van der Waals surface area contributed by atoms with Crippen molar-refractivity contribution >= 4 is 33.3 Å². The Balaban J connectivity index is 2.24. The average Bonchev–Trinajstić information content (AvgIpc) is 2.84. The van der Waals surface area contributed by atoms with Crippen molar-refractivity contribution in [3.05, 3.63) is 50.8 Å². The normalized spacial score (nSPS) is 13.1. The van der Waals surface area contributed by atoms with Crippen LogP contribution in [0.15, 0.2) is 34.8 Å². The van der Waals surface area contributed by atoms with Gasteiger partial charge in [-0.2, -0.15) is 0 Å². The number of allylic oxidation sites excluding steroid dienone is 1. The molecule has 0 spiro atoms. The number of aryl methyl sites for hydroxylation is 1. The Morgan fingerprint density at radius 3 is 2.88 bits per heavy atom. The van der Waals surface area contributed by atoms with E-state index in [2.05, 4.69) is 59.3 Å². The second-order valence-corrected chi connectivity index (χ2v) is 6.25. The summed E-state index contributed by atoms with van der Waals surface area (Å²) in [5.41, 5.74) is 4.18. The highest BCUT2D eigenvalue weighted by Gasteiger charge is 2.13. The third kappa shape index (κ3) is 1.66. The van der Waals surface area contributed by atoms with E-state index < -0.39 is 0 Å². The molecule has 3 rings (SSSR count). The van der Waals surface area contributed by atoms with Crippen molar-refractivity contribution in [2.75, 3.05) is 0 Å². The Labute approximate surface area is 108 Å². The topological polar surface area (TPSA) is 0 Å². The van der Waals surface area contributed by atoms with E-state index in [4.69, 9.17) is 0 Å². The molecule has 0 atom stereocenters. The number of benzene rings is 1. The molecule has 2 aromatic rings. The van der Waals surface area contributed by atoms with Crippen molar-refractivity contribution < 1.29 is 0 Å². The first kappa shape index (κ1) is 10.3. The zero-order valence-electron chi connectivity index (χ0n) is 8.96. The Kier molecular flexibility index (Phi) is 2.49. The van der Waals surface area contributed by atoms with Crippen LogP contribution in [0, 0.1) is 6.92 Å². The summed E-state index contributed by atoms with van der Waals surface area (Å²) in [6.07, 6.45) is 5.54. The first-order chi connectivity index (χ1) is 7.74. The molecule has 16 heavy (non-hydrogen) atoms. The van der Waals surface area contributed by atoms with Crippen LogP contribution in [0.1, 0.15) is 16.0 Å². The summed E-state index contributed by atoms with van der Waals surface area (Å²) in [6.45, 7) is 2.15. The highest BCUT2D eigenvalue weighted by Crippen LogP contribution is 2.37. The Morgan fingerprint density at radius 1 is 1.25 bits per heavy atom. The maximum atomic E-state index is 3.60. The molecule has 1 aliphatic carbocycles. The molecule has 0 nitrogen and oxygen atoms in total.